The van der Waals surface area contributed by atoms with Crippen LogP contribution in [0.2, 0.25) is 0 Å². The Kier molecular flexibility index (Phi) is 4.86. The van der Waals surface area contributed by atoms with E-state index in [0.29, 0.717) is 30.0 Å². The molecule has 0 heterocycles. The van der Waals surface area contributed by atoms with E-state index >= 15 is 0 Å². The SMILES string of the molecule is O=S(=O)(CCNC1CCCC1)CC1CCCC1. The number of hydrogen-bond donors (Lipinski definition) is 1. The molecule has 2 saturated carbocycles. The molecule has 0 bridgehead atoms. The summed E-state index contributed by atoms with van der Waals surface area (Å²) in [5, 5.41) is 3.38. The lowest BCUT2D eigenvalue weighted by molar-refractivity contribution is 0.529. The van der Waals surface area contributed by atoms with Gasteiger partial charge in [-0.05, 0) is 31.6 Å². The van der Waals surface area contributed by atoms with Crippen LogP contribution in [-0.4, -0.2) is 32.5 Å². The lowest BCUT2D eigenvalue weighted by Crippen LogP contribution is -2.32. The number of nitrogens with one attached hydrogen (secondary N) is 1. The molecule has 0 unspecified atom stereocenters. The Hall–Kier alpha value is -0.0900. The summed E-state index contributed by atoms with van der Waals surface area (Å²) in [7, 11) is -2.82. The summed E-state index contributed by atoms with van der Waals surface area (Å²) in [4.78, 5) is 0. The predicted molar refractivity (Wildman–Crippen MR) is 70.9 cm³/mol. The zero-order chi connectivity index (χ0) is 12.1. The van der Waals surface area contributed by atoms with Crippen LogP contribution in [0.3, 0.4) is 0 Å². The number of hydrogen-bond acceptors (Lipinski definition) is 3. The van der Waals surface area contributed by atoms with E-state index in [2.05, 4.69) is 5.32 Å². The quantitative estimate of drug-likeness (QED) is 0.795. The molecule has 1 N–H and O–H groups in total. The third-order valence-electron chi connectivity index (χ3n) is 4.17. The lowest BCUT2D eigenvalue weighted by atomic mass is 10.1. The maximum absolute atomic E-state index is 11.9. The topological polar surface area (TPSA) is 46.2 Å². The fourth-order valence-electron chi connectivity index (χ4n) is 3.17. The zero-order valence-corrected chi connectivity index (χ0v) is 11.5. The molecule has 100 valence electrons. The maximum atomic E-state index is 11.9. The first-order chi connectivity index (χ1) is 8.16. The molecule has 0 radical (unpaired) electrons. The Labute approximate surface area is 105 Å². The monoisotopic (exact) mass is 259 g/mol. The van der Waals surface area contributed by atoms with E-state index in [1.165, 1.54) is 38.5 Å². The molecule has 2 aliphatic carbocycles. The van der Waals surface area contributed by atoms with Crippen LogP contribution in [-0.2, 0) is 9.84 Å². The Morgan fingerprint density at radius 1 is 0.941 bits per heavy atom. The molecular formula is C13H25NO2S. The summed E-state index contributed by atoms with van der Waals surface area (Å²) in [6, 6.07) is 0.580. The highest BCUT2D eigenvalue weighted by molar-refractivity contribution is 7.91. The van der Waals surface area contributed by atoms with Crippen molar-refractivity contribution in [3.05, 3.63) is 0 Å². The minimum atomic E-state index is -2.82. The van der Waals surface area contributed by atoms with E-state index < -0.39 is 9.84 Å². The van der Waals surface area contributed by atoms with E-state index in [1.54, 1.807) is 0 Å². The van der Waals surface area contributed by atoms with Gasteiger partial charge in [0.2, 0.25) is 0 Å². The summed E-state index contributed by atoms with van der Waals surface area (Å²) >= 11 is 0. The van der Waals surface area contributed by atoms with E-state index in [4.69, 9.17) is 0 Å². The average molecular weight is 259 g/mol. The van der Waals surface area contributed by atoms with Gasteiger partial charge in [0.15, 0.2) is 9.84 Å². The minimum absolute atomic E-state index is 0.333. The van der Waals surface area contributed by atoms with Gasteiger partial charge < -0.3 is 5.32 Å². The van der Waals surface area contributed by atoms with Crippen LogP contribution in [0.5, 0.6) is 0 Å². The highest BCUT2D eigenvalue weighted by Crippen LogP contribution is 2.26. The first-order valence-electron chi connectivity index (χ1n) is 7.09. The smallest absolute Gasteiger partial charge is 0.151 e. The van der Waals surface area contributed by atoms with E-state index in [9.17, 15) is 8.42 Å². The lowest BCUT2D eigenvalue weighted by Gasteiger charge is -2.13. The molecule has 0 amide bonds. The molecule has 17 heavy (non-hydrogen) atoms. The van der Waals surface area contributed by atoms with Gasteiger partial charge in [-0.3, -0.25) is 0 Å². The first-order valence-corrected chi connectivity index (χ1v) is 8.92. The van der Waals surface area contributed by atoms with Crippen molar-refractivity contribution in [3.8, 4) is 0 Å². The average Bonchev–Trinajstić information content (AvgIpc) is 2.89. The minimum Gasteiger partial charge on any atom is -0.313 e. The molecule has 3 nitrogen and oxygen atoms in total. The molecule has 0 atom stereocenters. The predicted octanol–water partition coefficient (Wildman–Crippen LogP) is 2.12. The van der Waals surface area contributed by atoms with Crippen molar-refractivity contribution in [2.24, 2.45) is 5.92 Å². The molecule has 2 rings (SSSR count). The van der Waals surface area contributed by atoms with Crippen molar-refractivity contribution >= 4 is 9.84 Å². The molecule has 0 spiro atoms. The molecule has 4 heteroatoms. The van der Waals surface area contributed by atoms with Gasteiger partial charge in [0.25, 0.3) is 0 Å². The van der Waals surface area contributed by atoms with Crippen LogP contribution < -0.4 is 5.32 Å². The van der Waals surface area contributed by atoms with Gasteiger partial charge in [0.05, 0.1) is 11.5 Å². The van der Waals surface area contributed by atoms with Crippen LogP contribution >= 0.6 is 0 Å². The van der Waals surface area contributed by atoms with Crippen molar-refractivity contribution in [2.45, 2.75) is 57.4 Å². The van der Waals surface area contributed by atoms with Crippen molar-refractivity contribution < 1.29 is 8.42 Å². The van der Waals surface area contributed by atoms with Crippen LogP contribution in [0.4, 0.5) is 0 Å². The van der Waals surface area contributed by atoms with Gasteiger partial charge >= 0.3 is 0 Å². The van der Waals surface area contributed by atoms with Gasteiger partial charge in [0.1, 0.15) is 0 Å². The molecule has 0 aromatic carbocycles. The largest absolute Gasteiger partial charge is 0.313 e. The number of rotatable bonds is 6. The Morgan fingerprint density at radius 3 is 2.18 bits per heavy atom. The van der Waals surface area contributed by atoms with E-state index in [1.807, 2.05) is 0 Å². The van der Waals surface area contributed by atoms with E-state index in [0.717, 1.165) is 12.8 Å². The molecule has 0 aliphatic heterocycles. The third kappa shape index (κ3) is 4.59. The first kappa shape index (κ1) is 13.3. The van der Waals surface area contributed by atoms with Crippen molar-refractivity contribution in [2.75, 3.05) is 18.1 Å². The molecular weight excluding hydrogens is 234 g/mol. The van der Waals surface area contributed by atoms with E-state index in [-0.39, 0.29) is 0 Å². The van der Waals surface area contributed by atoms with Crippen LogP contribution in [0.15, 0.2) is 0 Å². The summed E-state index contributed by atoms with van der Waals surface area (Å²) < 4.78 is 23.8. The fourth-order valence-corrected chi connectivity index (χ4v) is 4.82. The highest BCUT2D eigenvalue weighted by Gasteiger charge is 2.22. The second-order valence-electron chi connectivity index (χ2n) is 5.70. The third-order valence-corrected chi connectivity index (χ3v) is 5.97. The van der Waals surface area contributed by atoms with Crippen molar-refractivity contribution in [3.63, 3.8) is 0 Å². The van der Waals surface area contributed by atoms with Gasteiger partial charge in [-0.2, -0.15) is 0 Å². The fraction of sp³-hybridized carbons (Fsp3) is 1.00. The van der Waals surface area contributed by atoms with Gasteiger partial charge in [-0.25, -0.2) is 8.42 Å². The highest BCUT2D eigenvalue weighted by atomic mass is 32.2. The summed E-state index contributed by atoms with van der Waals surface area (Å²) in [5.74, 6) is 1.21. The van der Waals surface area contributed by atoms with Gasteiger partial charge in [0, 0.05) is 12.6 Å². The molecule has 2 fully saturated rings. The van der Waals surface area contributed by atoms with Crippen molar-refractivity contribution in [1.82, 2.24) is 5.32 Å². The second kappa shape index (κ2) is 6.19. The summed E-state index contributed by atoms with van der Waals surface area (Å²) in [6.45, 7) is 0.653. The maximum Gasteiger partial charge on any atom is 0.151 e. The zero-order valence-electron chi connectivity index (χ0n) is 10.7. The molecule has 2 aliphatic rings. The molecule has 0 aromatic heterocycles. The van der Waals surface area contributed by atoms with Crippen molar-refractivity contribution in [1.29, 1.82) is 0 Å². The summed E-state index contributed by atoms with van der Waals surface area (Å²) in [6.07, 6.45) is 9.73. The normalized spacial score (nSPS) is 23.5. The van der Waals surface area contributed by atoms with Crippen LogP contribution in [0.1, 0.15) is 51.4 Å². The Balaban J connectivity index is 1.65. The standard InChI is InChI=1S/C13H25NO2S/c15-17(16,11-12-5-1-2-6-12)10-9-14-13-7-3-4-8-13/h12-14H,1-11H2. The Morgan fingerprint density at radius 2 is 1.53 bits per heavy atom. The summed E-state index contributed by atoms with van der Waals surface area (Å²) in [5.41, 5.74) is 0. The van der Waals surface area contributed by atoms with Gasteiger partial charge in [-0.15, -0.1) is 0 Å². The molecule has 0 aromatic rings. The number of sulfone groups is 1. The molecule has 0 saturated heterocycles. The van der Waals surface area contributed by atoms with Crippen LogP contribution in [0.25, 0.3) is 0 Å². The second-order valence-corrected chi connectivity index (χ2v) is 7.93. The van der Waals surface area contributed by atoms with Crippen LogP contribution in [0, 0.1) is 5.92 Å². The Bertz CT molecular complexity index is 314. The van der Waals surface area contributed by atoms with Gasteiger partial charge in [-0.1, -0.05) is 25.7 Å².